The minimum Gasteiger partial charge on any atom is -0.383 e. The fraction of sp³-hybridized carbons (Fsp3) is 0.538. The highest BCUT2D eigenvalue weighted by Crippen LogP contribution is 2.26. The zero-order valence-corrected chi connectivity index (χ0v) is 15.2. The maximum atomic E-state index is 12.8. The van der Waals surface area contributed by atoms with Crippen molar-refractivity contribution in [2.45, 2.75) is 10.8 Å². The quantitative estimate of drug-likeness (QED) is 0.598. The molecule has 5 nitrogen and oxygen atoms in total. The van der Waals surface area contributed by atoms with Gasteiger partial charge in [0.05, 0.1) is 18.1 Å². The number of alkyl halides is 1. The van der Waals surface area contributed by atoms with Crippen LogP contribution in [0.5, 0.6) is 0 Å². The monoisotopic (exact) mass is 399 g/mol. The van der Waals surface area contributed by atoms with Gasteiger partial charge < -0.3 is 9.47 Å². The van der Waals surface area contributed by atoms with Crippen molar-refractivity contribution in [3.05, 3.63) is 28.2 Å². The third-order valence-electron chi connectivity index (χ3n) is 2.86. The smallest absolute Gasteiger partial charge is 0.244 e. The largest absolute Gasteiger partial charge is 0.383 e. The van der Waals surface area contributed by atoms with Gasteiger partial charge in [0, 0.05) is 37.7 Å². The summed E-state index contributed by atoms with van der Waals surface area (Å²) in [4.78, 5) is 0.202. The second kappa shape index (κ2) is 9.07. The van der Waals surface area contributed by atoms with Gasteiger partial charge in [0.2, 0.25) is 10.0 Å². The van der Waals surface area contributed by atoms with Gasteiger partial charge in [-0.2, -0.15) is 4.31 Å². The highest BCUT2D eigenvalue weighted by molar-refractivity contribution is 9.10. The molecule has 0 aromatic heterocycles. The lowest BCUT2D eigenvalue weighted by molar-refractivity contribution is 0.150. The molecule has 0 radical (unpaired) electrons. The molecule has 0 saturated heterocycles. The fourth-order valence-corrected chi connectivity index (χ4v) is 4.26. The lowest BCUT2D eigenvalue weighted by Gasteiger charge is -2.22. The van der Waals surface area contributed by atoms with Crippen LogP contribution in [0.2, 0.25) is 0 Å². The molecule has 0 bridgehead atoms. The molecular weight excluding hydrogens is 382 g/mol. The number of hydrogen-bond donors (Lipinski definition) is 0. The van der Waals surface area contributed by atoms with Gasteiger partial charge in [-0.15, -0.1) is 11.6 Å². The van der Waals surface area contributed by atoms with Crippen LogP contribution < -0.4 is 0 Å². The average molecular weight is 401 g/mol. The third kappa shape index (κ3) is 5.19. The second-order valence-electron chi connectivity index (χ2n) is 4.29. The Morgan fingerprint density at radius 3 is 2.24 bits per heavy atom. The van der Waals surface area contributed by atoms with Crippen LogP contribution in [0.25, 0.3) is 0 Å². The van der Waals surface area contributed by atoms with Gasteiger partial charge in [-0.3, -0.25) is 0 Å². The highest BCUT2D eigenvalue weighted by Gasteiger charge is 2.26. The summed E-state index contributed by atoms with van der Waals surface area (Å²) in [5.74, 6) is 0.256. The maximum absolute atomic E-state index is 12.8. The van der Waals surface area contributed by atoms with E-state index in [0.717, 1.165) is 5.56 Å². The summed E-state index contributed by atoms with van der Waals surface area (Å²) < 4.78 is 37.4. The fourth-order valence-electron chi connectivity index (χ4n) is 1.71. The van der Waals surface area contributed by atoms with Gasteiger partial charge in [-0.1, -0.05) is 6.07 Å². The standard InChI is InChI=1S/C13H19BrClNO4S/c1-19-7-5-16(6-8-20-2)21(17,18)13-9-11(10-15)3-4-12(13)14/h3-4,9H,5-8,10H2,1-2H3. The molecule has 8 heteroatoms. The summed E-state index contributed by atoms with van der Waals surface area (Å²) in [7, 11) is -0.575. The van der Waals surface area contributed by atoms with Crippen molar-refractivity contribution in [3.8, 4) is 0 Å². The van der Waals surface area contributed by atoms with Crippen molar-refractivity contribution in [3.63, 3.8) is 0 Å². The van der Waals surface area contributed by atoms with Crippen LogP contribution in [0.4, 0.5) is 0 Å². The van der Waals surface area contributed by atoms with Gasteiger partial charge >= 0.3 is 0 Å². The molecule has 0 unspecified atom stereocenters. The Morgan fingerprint density at radius 1 is 1.19 bits per heavy atom. The summed E-state index contributed by atoms with van der Waals surface area (Å²) in [5.41, 5.74) is 0.747. The Labute approximate surface area is 139 Å². The number of hydrogen-bond acceptors (Lipinski definition) is 4. The first-order valence-corrected chi connectivity index (χ1v) is 9.06. The molecule has 21 heavy (non-hydrogen) atoms. The number of benzene rings is 1. The minimum absolute atomic E-state index is 0.202. The zero-order valence-electron chi connectivity index (χ0n) is 12.0. The molecule has 0 atom stereocenters. The van der Waals surface area contributed by atoms with Crippen LogP contribution >= 0.6 is 27.5 Å². The van der Waals surface area contributed by atoms with Crippen LogP contribution in [0.3, 0.4) is 0 Å². The Balaban J connectivity index is 3.14. The first-order chi connectivity index (χ1) is 9.97. The van der Waals surface area contributed by atoms with Crippen LogP contribution in [0.15, 0.2) is 27.6 Å². The topological polar surface area (TPSA) is 55.8 Å². The van der Waals surface area contributed by atoms with Crippen LogP contribution in [-0.2, 0) is 25.4 Å². The van der Waals surface area contributed by atoms with E-state index in [-0.39, 0.29) is 23.9 Å². The van der Waals surface area contributed by atoms with Crippen molar-refractivity contribution < 1.29 is 17.9 Å². The number of methoxy groups -OCH3 is 2. The number of rotatable bonds is 9. The Bertz CT molecular complexity index is 545. The number of nitrogens with zero attached hydrogens (tertiary/aromatic N) is 1. The van der Waals surface area contributed by atoms with Crippen LogP contribution in [0.1, 0.15) is 5.56 Å². The molecule has 0 heterocycles. The molecule has 0 N–H and O–H groups in total. The zero-order chi connectivity index (χ0) is 15.9. The summed E-state index contributed by atoms with van der Waals surface area (Å²) in [5, 5.41) is 0. The second-order valence-corrected chi connectivity index (χ2v) is 7.32. The molecule has 0 aliphatic carbocycles. The van der Waals surface area contributed by atoms with E-state index >= 15 is 0 Å². The Morgan fingerprint density at radius 2 is 1.76 bits per heavy atom. The summed E-state index contributed by atoms with van der Waals surface area (Å²) in [6, 6.07) is 5.05. The van der Waals surface area contributed by atoms with E-state index in [1.807, 2.05) is 0 Å². The van der Waals surface area contributed by atoms with Crippen molar-refractivity contribution in [1.29, 1.82) is 0 Å². The van der Waals surface area contributed by atoms with E-state index < -0.39 is 10.0 Å². The van der Waals surface area contributed by atoms with E-state index in [9.17, 15) is 8.42 Å². The summed E-state index contributed by atoms with van der Waals surface area (Å²) >= 11 is 9.07. The number of ether oxygens (including phenoxy) is 2. The molecule has 0 aliphatic rings. The predicted octanol–water partition coefficient (Wildman–Crippen LogP) is 2.47. The van der Waals surface area contributed by atoms with Gasteiger partial charge in [-0.05, 0) is 33.6 Å². The molecular formula is C13H19BrClNO4S. The minimum atomic E-state index is -3.64. The lowest BCUT2D eigenvalue weighted by Crippen LogP contribution is -2.36. The molecule has 0 aliphatic heterocycles. The van der Waals surface area contributed by atoms with Crippen molar-refractivity contribution in [2.24, 2.45) is 0 Å². The average Bonchev–Trinajstić information content (AvgIpc) is 2.47. The number of sulfonamides is 1. The van der Waals surface area contributed by atoms with E-state index in [1.165, 1.54) is 18.5 Å². The van der Waals surface area contributed by atoms with Gasteiger partial charge in [0.25, 0.3) is 0 Å². The molecule has 0 saturated carbocycles. The van der Waals surface area contributed by atoms with Crippen LogP contribution in [0, 0.1) is 0 Å². The van der Waals surface area contributed by atoms with E-state index in [2.05, 4.69) is 15.9 Å². The predicted molar refractivity (Wildman–Crippen MR) is 86.2 cm³/mol. The molecule has 0 amide bonds. The Kier molecular flexibility index (Phi) is 8.15. The highest BCUT2D eigenvalue weighted by atomic mass is 79.9. The first-order valence-electron chi connectivity index (χ1n) is 6.29. The Hall–Kier alpha value is -0.180. The third-order valence-corrected chi connectivity index (χ3v) is 6.06. The molecule has 0 spiro atoms. The lowest BCUT2D eigenvalue weighted by atomic mass is 10.2. The summed E-state index contributed by atoms with van der Waals surface area (Å²) in [6.07, 6.45) is 0. The first kappa shape index (κ1) is 18.9. The molecule has 1 aromatic rings. The van der Waals surface area contributed by atoms with Crippen molar-refractivity contribution >= 4 is 37.6 Å². The van der Waals surface area contributed by atoms with Gasteiger partial charge in [0.1, 0.15) is 0 Å². The molecule has 1 aromatic carbocycles. The van der Waals surface area contributed by atoms with Gasteiger partial charge in [-0.25, -0.2) is 8.42 Å². The normalized spacial score (nSPS) is 12.0. The van der Waals surface area contributed by atoms with E-state index in [4.69, 9.17) is 21.1 Å². The van der Waals surface area contributed by atoms with Crippen LogP contribution in [-0.4, -0.2) is 53.2 Å². The molecule has 120 valence electrons. The number of halogens is 2. The van der Waals surface area contributed by atoms with Gasteiger partial charge in [0.15, 0.2) is 0 Å². The SMILES string of the molecule is COCCN(CCOC)S(=O)(=O)c1cc(CCl)ccc1Br. The molecule has 1 rings (SSSR count). The van der Waals surface area contributed by atoms with Crippen molar-refractivity contribution in [1.82, 2.24) is 4.31 Å². The molecule has 0 fully saturated rings. The van der Waals surface area contributed by atoms with E-state index in [0.29, 0.717) is 17.7 Å². The van der Waals surface area contributed by atoms with E-state index in [1.54, 1.807) is 18.2 Å². The van der Waals surface area contributed by atoms with Crippen molar-refractivity contribution in [2.75, 3.05) is 40.5 Å². The summed E-state index contributed by atoms with van der Waals surface area (Å²) in [6.45, 7) is 1.16. The maximum Gasteiger partial charge on any atom is 0.244 e.